The number of hydrogen-bond acceptors (Lipinski definition) is 5. The molecule has 0 spiro atoms. The van der Waals surface area contributed by atoms with Gasteiger partial charge in [0.1, 0.15) is 5.54 Å². The van der Waals surface area contributed by atoms with Crippen LogP contribution in [-0.4, -0.2) is 54.1 Å². The molecular formula is C22H29N3O4. The first-order chi connectivity index (χ1) is 13.9. The molecule has 3 aliphatic rings. The summed E-state index contributed by atoms with van der Waals surface area (Å²) in [5, 5.41) is 2.90. The quantitative estimate of drug-likeness (QED) is 0.606. The molecule has 2 saturated heterocycles. The van der Waals surface area contributed by atoms with Crippen LogP contribution in [0.2, 0.25) is 0 Å². The van der Waals surface area contributed by atoms with Crippen LogP contribution in [0.1, 0.15) is 49.8 Å². The Labute approximate surface area is 171 Å². The van der Waals surface area contributed by atoms with Gasteiger partial charge >= 0.3 is 12.0 Å². The Hall–Kier alpha value is -2.41. The summed E-state index contributed by atoms with van der Waals surface area (Å²) in [4.78, 5) is 41.3. The lowest BCUT2D eigenvalue weighted by Gasteiger charge is -2.33. The van der Waals surface area contributed by atoms with Gasteiger partial charge in [0.25, 0.3) is 5.91 Å². The highest BCUT2D eigenvalue weighted by Gasteiger charge is 2.49. The average molecular weight is 399 g/mol. The summed E-state index contributed by atoms with van der Waals surface area (Å²) in [6.07, 6.45) is 4.86. The first-order valence-corrected chi connectivity index (χ1v) is 10.6. The van der Waals surface area contributed by atoms with Crippen LogP contribution in [0.5, 0.6) is 0 Å². The SMILES string of the molecule is CCOC(=O)[C@H]1CCCN(CN2C(=O)N[C@](C)(c3ccc4c(c3)CCC4)C2=O)C1. The number of benzene rings is 1. The van der Waals surface area contributed by atoms with Crippen molar-refractivity contribution in [2.24, 2.45) is 5.92 Å². The van der Waals surface area contributed by atoms with Gasteiger partial charge in [0.05, 0.1) is 19.2 Å². The Morgan fingerprint density at radius 2 is 2.03 bits per heavy atom. The maximum absolute atomic E-state index is 13.3. The van der Waals surface area contributed by atoms with Crippen molar-refractivity contribution < 1.29 is 19.1 Å². The molecule has 0 bridgehead atoms. The van der Waals surface area contributed by atoms with Crippen molar-refractivity contribution >= 4 is 17.9 Å². The number of nitrogens with zero attached hydrogens (tertiary/aromatic N) is 2. The lowest BCUT2D eigenvalue weighted by molar-refractivity contribution is -0.150. The summed E-state index contributed by atoms with van der Waals surface area (Å²) in [5.74, 6) is -0.636. The van der Waals surface area contributed by atoms with E-state index in [2.05, 4.69) is 17.4 Å². The van der Waals surface area contributed by atoms with E-state index in [9.17, 15) is 14.4 Å². The lowest BCUT2D eigenvalue weighted by Crippen LogP contribution is -2.48. The maximum atomic E-state index is 13.3. The van der Waals surface area contributed by atoms with Crippen LogP contribution in [0.25, 0.3) is 0 Å². The minimum absolute atomic E-state index is 0.196. The molecule has 2 aliphatic heterocycles. The molecule has 1 N–H and O–H groups in total. The zero-order valence-electron chi connectivity index (χ0n) is 17.2. The third-order valence-corrected chi connectivity index (χ3v) is 6.42. The summed E-state index contributed by atoms with van der Waals surface area (Å²) < 4.78 is 5.14. The number of likely N-dealkylation sites (tertiary alicyclic amines) is 1. The number of fused-ring (bicyclic) bond motifs is 1. The monoisotopic (exact) mass is 399 g/mol. The van der Waals surface area contributed by atoms with Crippen molar-refractivity contribution in [3.05, 3.63) is 34.9 Å². The second-order valence-corrected chi connectivity index (χ2v) is 8.44. The number of nitrogens with one attached hydrogen (secondary N) is 1. The number of hydrogen-bond donors (Lipinski definition) is 1. The van der Waals surface area contributed by atoms with Crippen molar-refractivity contribution in [2.75, 3.05) is 26.4 Å². The minimum atomic E-state index is -1.05. The third kappa shape index (κ3) is 3.64. The van der Waals surface area contributed by atoms with Crippen LogP contribution in [-0.2, 0) is 32.7 Å². The first kappa shape index (κ1) is 19.9. The molecular weight excluding hydrogens is 370 g/mol. The van der Waals surface area contributed by atoms with Gasteiger partial charge in [-0.15, -0.1) is 0 Å². The van der Waals surface area contributed by atoms with Crippen molar-refractivity contribution in [3.63, 3.8) is 0 Å². The number of esters is 1. The molecule has 0 saturated carbocycles. The average Bonchev–Trinajstić information content (AvgIpc) is 3.27. The van der Waals surface area contributed by atoms with E-state index >= 15 is 0 Å². The van der Waals surface area contributed by atoms with Crippen molar-refractivity contribution in [1.29, 1.82) is 0 Å². The summed E-state index contributed by atoms with van der Waals surface area (Å²) in [7, 11) is 0. The smallest absolute Gasteiger partial charge is 0.326 e. The Morgan fingerprint density at radius 3 is 2.83 bits per heavy atom. The zero-order valence-corrected chi connectivity index (χ0v) is 17.2. The fourth-order valence-corrected chi connectivity index (χ4v) is 4.74. The second kappa shape index (κ2) is 7.78. The fourth-order valence-electron chi connectivity index (χ4n) is 4.74. The van der Waals surface area contributed by atoms with Crippen LogP contribution in [0, 0.1) is 5.92 Å². The summed E-state index contributed by atoms with van der Waals surface area (Å²) in [6.45, 7) is 5.39. The third-order valence-electron chi connectivity index (χ3n) is 6.42. The van der Waals surface area contributed by atoms with E-state index in [1.807, 2.05) is 11.0 Å². The molecule has 1 aromatic rings. The van der Waals surface area contributed by atoms with Crippen molar-refractivity contribution in [2.45, 2.75) is 51.5 Å². The Balaban J connectivity index is 1.47. The number of urea groups is 1. The molecule has 7 heteroatoms. The van der Waals surface area contributed by atoms with Gasteiger partial charge in [-0.05, 0) is 69.2 Å². The van der Waals surface area contributed by atoms with Gasteiger partial charge in [-0.3, -0.25) is 14.5 Å². The summed E-state index contributed by atoms with van der Waals surface area (Å²) in [6, 6.07) is 5.74. The molecule has 4 rings (SSSR count). The van der Waals surface area contributed by atoms with E-state index in [-0.39, 0.29) is 30.5 Å². The van der Waals surface area contributed by atoms with Crippen LogP contribution < -0.4 is 5.32 Å². The molecule has 0 radical (unpaired) electrons. The minimum Gasteiger partial charge on any atom is -0.466 e. The van der Waals surface area contributed by atoms with Gasteiger partial charge in [0.15, 0.2) is 0 Å². The normalized spacial score (nSPS) is 27.1. The molecule has 1 aromatic carbocycles. The molecule has 29 heavy (non-hydrogen) atoms. The van der Waals surface area contributed by atoms with Crippen LogP contribution in [0.4, 0.5) is 4.79 Å². The van der Waals surface area contributed by atoms with Crippen molar-refractivity contribution in [3.8, 4) is 0 Å². The molecule has 3 amide bonds. The molecule has 156 valence electrons. The summed E-state index contributed by atoms with van der Waals surface area (Å²) >= 11 is 0. The highest BCUT2D eigenvalue weighted by atomic mass is 16.5. The van der Waals surface area contributed by atoms with E-state index < -0.39 is 5.54 Å². The van der Waals surface area contributed by atoms with E-state index in [1.165, 1.54) is 16.0 Å². The van der Waals surface area contributed by atoms with E-state index in [1.54, 1.807) is 13.8 Å². The number of amides is 3. The van der Waals surface area contributed by atoms with Crippen LogP contribution >= 0.6 is 0 Å². The van der Waals surface area contributed by atoms with E-state index in [0.29, 0.717) is 13.2 Å². The number of ether oxygens (including phenoxy) is 1. The second-order valence-electron chi connectivity index (χ2n) is 8.44. The molecule has 7 nitrogen and oxygen atoms in total. The first-order valence-electron chi connectivity index (χ1n) is 10.6. The number of carbonyl (C=O) groups excluding carboxylic acids is 3. The predicted molar refractivity (Wildman–Crippen MR) is 107 cm³/mol. The van der Waals surface area contributed by atoms with Crippen LogP contribution in [0.3, 0.4) is 0 Å². The van der Waals surface area contributed by atoms with Gasteiger partial charge < -0.3 is 10.1 Å². The molecule has 2 atom stereocenters. The Bertz CT molecular complexity index is 839. The van der Waals surface area contributed by atoms with E-state index in [0.717, 1.165) is 44.2 Å². The molecule has 2 heterocycles. The van der Waals surface area contributed by atoms with Gasteiger partial charge in [0.2, 0.25) is 0 Å². The van der Waals surface area contributed by atoms with Gasteiger partial charge in [-0.2, -0.15) is 0 Å². The number of piperidine rings is 1. The number of aryl methyl sites for hydroxylation is 2. The van der Waals surface area contributed by atoms with Gasteiger partial charge in [-0.25, -0.2) is 9.69 Å². The maximum Gasteiger partial charge on any atom is 0.326 e. The Morgan fingerprint density at radius 1 is 1.24 bits per heavy atom. The van der Waals surface area contributed by atoms with Crippen molar-refractivity contribution in [1.82, 2.24) is 15.1 Å². The largest absolute Gasteiger partial charge is 0.466 e. The number of carbonyl (C=O) groups is 3. The number of imide groups is 1. The topological polar surface area (TPSA) is 79.0 Å². The molecule has 2 fully saturated rings. The molecule has 1 aliphatic carbocycles. The highest BCUT2D eigenvalue weighted by Crippen LogP contribution is 2.33. The molecule has 0 unspecified atom stereocenters. The van der Waals surface area contributed by atoms with E-state index in [4.69, 9.17) is 4.74 Å². The number of rotatable bonds is 5. The van der Waals surface area contributed by atoms with Gasteiger partial charge in [-0.1, -0.05) is 18.2 Å². The van der Waals surface area contributed by atoms with Gasteiger partial charge in [0, 0.05) is 6.54 Å². The standard InChI is InChI=1S/C22H29N3O4/c1-3-29-19(26)17-8-5-11-24(13-17)14-25-20(27)22(2,23-21(25)28)18-10-9-15-6-4-7-16(15)12-18/h9-10,12,17H,3-8,11,13-14H2,1-2H3,(H,23,28)/t17-,22+/m0/s1. The fraction of sp³-hybridized carbons (Fsp3) is 0.591. The lowest BCUT2D eigenvalue weighted by atomic mass is 9.90. The predicted octanol–water partition coefficient (Wildman–Crippen LogP) is 2.17. The molecule has 0 aromatic heterocycles. The van der Waals surface area contributed by atoms with Crippen LogP contribution in [0.15, 0.2) is 18.2 Å². The Kier molecular flexibility index (Phi) is 5.34. The highest BCUT2D eigenvalue weighted by molar-refractivity contribution is 6.07. The zero-order chi connectivity index (χ0) is 20.6. The summed E-state index contributed by atoms with van der Waals surface area (Å²) in [5.41, 5.74) is 2.40.